The van der Waals surface area contributed by atoms with Crippen LogP contribution in [0.4, 0.5) is 10.6 Å². The van der Waals surface area contributed by atoms with Crippen LogP contribution in [0.25, 0.3) is 0 Å². The second-order valence-electron chi connectivity index (χ2n) is 6.95. The van der Waals surface area contributed by atoms with Gasteiger partial charge in [-0.25, -0.2) is 9.78 Å². The van der Waals surface area contributed by atoms with Crippen molar-refractivity contribution >= 4 is 41.2 Å². The number of nitrogens with zero attached hydrogens (tertiary/aromatic N) is 2. The number of ether oxygens (including phenoxy) is 1. The molecular weight excluding hydrogens is 388 g/mol. The molecule has 2 heterocycles. The van der Waals surface area contributed by atoms with E-state index in [1.54, 1.807) is 6.07 Å². The first-order valence-corrected chi connectivity index (χ1v) is 9.44. The molecule has 28 heavy (non-hydrogen) atoms. The number of hydrogen-bond donors (Lipinski definition) is 2. The topological polar surface area (TPSA) is 118 Å². The number of halogens is 1. The molecule has 1 saturated heterocycles. The molecule has 0 unspecified atom stereocenters. The third-order valence-electron chi connectivity index (χ3n) is 4.90. The van der Waals surface area contributed by atoms with Gasteiger partial charge in [-0.2, -0.15) is 0 Å². The summed E-state index contributed by atoms with van der Waals surface area (Å²) >= 11 is 5.73. The molecule has 9 nitrogen and oxygen atoms in total. The molecule has 1 aromatic heterocycles. The minimum absolute atomic E-state index is 0.255. The van der Waals surface area contributed by atoms with Crippen LogP contribution in [0.5, 0.6) is 0 Å². The SMILES string of the molecule is C[C@@H](OC(=O)CN1C(=O)NC2(CCCCC2)C1=O)C(=O)Nc1ccc(Cl)cn1. The van der Waals surface area contributed by atoms with Crippen molar-refractivity contribution in [1.29, 1.82) is 0 Å². The molecule has 3 rings (SSSR count). The van der Waals surface area contributed by atoms with E-state index in [-0.39, 0.29) is 5.82 Å². The zero-order chi connectivity index (χ0) is 20.3. The number of hydrogen-bond acceptors (Lipinski definition) is 6. The van der Waals surface area contributed by atoms with Crippen LogP contribution in [0.15, 0.2) is 18.3 Å². The normalized spacial score (nSPS) is 19.3. The van der Waals surface area contributed by atoms with E-state index in [4.69, 9.17) is 16.3 Å². The Kier molecular flexibility index (Phi) is 5.83. The Morgan fingerprint density at radius 2 is 2.04 bits per heavy atom. The first-order valence-electron chi connectivity index (χ1n) is 9.07. The Labute approximate surface area is 166 Å². The van der Waals surface area contributed by atoms with Gasteiger partial charge in [0, 0.05) is 6.20 Å². The van der Waals surface area contributed by atoms with E-state index in [1.807, 2.05) is 0 Å². The number of anilines is 1. The van der Waals surface area contributed by atoms with E-state index in [9.17, 15) is 19.2 Å². The van der Waals surface area contributed by atoms with Crippen LogP contribution in [-0.4, -0.2) is 51.9 Å². The lowest BCUT2D eigenvalue weighted by Gasteiger charge is -2.30. The van der Waals surface area contributed by atoms with Gasteiger partial charge in [-0.1, -0.05) is 30.9 Å². The van der Waals surface area contributed by atoms with Gasteiger partial charge in [-0.15, -0.1) is 0 Å². The minimum Gasteiger partial charge on any atom is -0.451 e. The summed E-state index contributed by atoms with van der Waals surface area (Å²) in [6.07, 6.45) is 4.08. The number of urea groups is 1. The first-order chi connectivity index (χ1) is 13.3. The number of nitrogens with one attached hydrogen (secondary N) is 2. The standard InChI is InChI=1S/C18H21ClN4O5/c1-11(15(25)21-13-6-5-12(19)9-20-13)28-14(24)10-23-16(26)18(22-17(23)27)7-3-2-4-8-18/h5-6,9,11H,2-4,7-8,10H2,1H3,(H,22,27)(H,20,21,25)/t11-/m1/s1. The van der Waals surface area contributed by atoms with E-state index in [1.165, 1.54) is 19.2 Å². The number of esters is 1. The molecule has 2 fully saturated rings. The second-order valence-corrected chi connectivity index (χ2v) is 7.38. The van der Waals surface area contributed by atoms with E-state index < -0.39 is 42.0 Å². The summed E-state index contributed by atoms with van der Waals surface area (Å²) in [4.78, 5) is 53.9. The van der Waals surface area contributed by atoms with Crippen LogP contribution >= 0.6 is 11.6 Å². The average Bonchev–Trinajstić information content (AvgIpc) is 2.88. The lowest BCUT2D eigenvalue weighted by molar-refractivity contribution is -0.155. The first kappa shape index (κ1) is 20.1. The van der Waals surface area contributed by atoms with E-state index in [2.05, 4.69) is 15.6 Å². The summed E-state index contributed by atoms with van der Waals surface area (Å²) < 4.78 is 5.06. The average molecular weight is 409 g/mol. The van der Waals surface area contributed by atoms with Crippen molar-refractivity contribution in [3.05, 3.63) is 23.4 Å². The van der Waals surface area contributed by atoms with Gasteiger partial charge in [0.2, 0.25) is 0 Å². The molecule has 1 aliphatic heterocycles. The molecule has 1 aromatic rings. The number of carbonyl (C=O) groups excluding carboxylic acids is 4. The Hall–Kier alpha value is -2.68. The lowest BCUT2D eigenvalue weighted by atomic mass is 9.82. The number of imide groups is 1. The summed E-state index contributed by atoms with van der Waals surface area (Å²) in [6.45, 7) is 0.848. The van der Waals surface area contributed by atoms with Crippen LogP contribution in [0.2, 0.25) is 5.02 Å². The predicted octanol–water partition coefficient (Wildman–Crippen LogP) is 1.86. The second kappa shape index (κ2) is 8.14. The molecule has 4 amide bonds. The maximum atomic E-state index is 12.7. The highest BCUT2D eigenvalue weighted by Crippen LogP contribution is 2.33. The summed E-state index contributed by atoms with van der Waals surface area (Å²) in [6, 6.07) is 2.46. The molecule has 0 radical (unpaired) electrons. The summed E-state index contributed by atoms with van der Waals surface area (Å²) in [5, 5.41) is 5.62. The highest BCUT2D eigenvalue weighted by Gasteiger charge is 2.51. The van der Waals surface area contributed by atoms with E-state index in [0.29, 0.717) is 17.9 Å². The molecule has 0 bridgehead atoms. The maximum absolute atomic E-state index is 12.7. The van der Waals surface area contributed by atoms with E-state index >= 15 is 0 Å². The zero-order valence-corrected chi connectivity index (χ0v) is 16.1. The highest BCUT2D eigenvalue weighted by atomic mass is 35.5. The Balaban J connectivity index is 1.54. The fourth-order valence-electron chi connectivity index (χ4n) is 3.41. The third-order valence-corrected chi connectivity index (χ3v) is 5.12. The Morgan fingerprint density at radius 3 is 2.68 bits per heavy atom. The van der Waals surface area contributed by atoms with Crippen LogP contribution in [0.1, 0.15) is 39.0 Å². The zero-order valence-electron chi connectivity index (χ0n) is 15.4. The van der Waals surface area contributed by atoms with Crippen molar-refractivity contribution in [1.82, 2.24) is 15.2 Å². The number of aromatic nitrogens is 1. The van der Waals surface area contributed by atoms with Crippen molar-refractivity contribution < 1.29 is 23.9 Å². The summed E-state index contributed by atoms with van der Waals surface area (Å²) in [5.41, 5.74) is -0.904. The molecule has 150 valence electrons. The fourth-order valence-corrected chi connectivity index (χ4v) is 3.52. The van der Waals surface area contributed by atoms with Crippen LogP contribution in [-0.2, 0) is 19.1 Å². The molecule has 10 heteroatoms. The van der Waals surface area contributed by atoms with Gasteiger partial charge >= 0.3 is 12.0 Å². The monoisotopic (exact) mass is 408 g/mol. The van der Waals surface area contributed by atoms with Gasteiger partial charge < -0.3 is 15.4 Å². The molecule has 2 N–H and O–H groups in total. The van der Waals surface area contributed by atoms with Gasteiger partial charge in [-0.05, 0) is 31.9 Å². The summed E-state index contributed by atoms with van der Waals surface area (Å²) in [5.74, 6) is -1.59. The molecule has 1 aliphatic carbocycles. The Bertz CT molecular complexity index is 792. The van der Waals surface area contributed by atoms with Crippen molar-refractivity contribution in [2.75, 3.05) is 11.9 Å². The molecule has 0 aromatic carbocycles. The third kappa shape index (κ3) is 4.24. The van der Waals surface area contributed by atoms with Gasteiger partial charge in [0.05, 0.1) is 5.02 Å². The lowest BCUT2D eigenvalue weighted by Crippen LogP contribution is -2.48. The van der Waals surface area contributed by atoms with Crippen molar-refractivity contribution in [2.45, 2.75) is 50.7 Å². The van der Waals surface area contributed by atoms with Crippen molar-refractivity contribution in [3.63, 3.8) is 0 Å². The van der Waals surface area contributed by atoms with Gasteiger partial charge in [0.1, 0.15) is 17.9 Å². The number of pyridine rings is 1. The number of rotatable bonds is 5. The predicted molar refractivity (Wildman–Crippen MR) is 99.5 cm³/mol. The van der Waals surface area contributed by atoms with Crippen molar-refractivity contribution in [3.8, 4) is 0 Å². The van der Waals surface area contributed by atoms with Crippen LogP contribution in [0, 0.1) is 0 Å². The molecular formula is C18H21ClN4O5. The van der Waals surface area contributed by atoms with Gasteiger partial charge in [0.15, 0.2) is 6.10 Å². The largest absolute Gasteiger partial charge is 0.451 e. The Morgan fingerprint density at radius 1 is 1.32 bits per heavy atom. The molecule has 1 spiro atoms. The maximum Gasteiger partial charge on any atom is 0.327 e. The van der Waals surface area contributed by atoms with Gasteiger partial charge in [0.25, 0.3) is 11.8 Å². The fraction of sp³-hybridized carbons (Fsp3) is 0.500. The molecule has 2 aliphatic rings. The van der Waals surface area contributed by atoms with E-state index in [0.717, 1.165) is 24.2 Å². The molecule has 1 atom stereocenters. The number of amides is 4. The van der Waals surface area contributed by atoms with Crippen LogP contribution < -0.4 is 10.6 Å². The molecule has 1 saturated carbocycles. The summed E-state index contributed by atoms with van der Waals surface area (Å²) in [7, 11) is 0. The van der Waals surface area contributed by atoms with Crippen molar-refractivity contribution in [2.24, 2.45) is 0 Å². The van der Waals surface area contributed by atoms with Crippen LogP contribution in [0.3, 0.4) is 0 Å². The van der Waals surface area contributed by atoms with Gasteiger partial charge in [-0.3, -0.25) is 19.3 Å². The smallest absolute Gasteiger partial charge is 0.327 e. The number of carbonyl (C=O) groups is 4. The quantitative estimate of drug-likeness (QED) is 0.567. The minimum atomic E-state index is -1.13. The highest BCUT2D eigenvalue weighted by molar-refractivity contribution is 6.30.